The van der Waals surface area contributed by atoms with Crippen LogP contribution < -0.4 is 0 Å². The molecule has 0 saturated carbocycles. The quantitative estimate of drug-likeness (QED) is 0.581. The van der Waals surface area contributed by atoms with Crippen LogP contribution in [0.15, 0.2) is 24.3 Å². The van der Waals surface area contributed by atoms with Crippen molar-refractivity contribution >= 4 is 63.0 Å². The Bertz CT molecular complexity index is 169. The van der Waals surface area contributed by atoms with Crippen molar-refractivity contribution in [2.45, 2.75) is 0 Å². The minimum atomic E-state index is 0. The Labute approximate surface area is 101 Å². The van der Waals surface area contributed by atoms with Gasteiger partial charge in [-0.3, -0.25) is 0 Å². The third-order valence-electron chi connectivity index (χ3n) is 0.852. The molecular formula is C6H6ClKO. The maximum atomic E-state index is 8.79. The molecule has 0 aliphatic carbocycles. The van der Waals surface area contributed by atoms with Crippen LogP contribution in [-0.2, 0) is 0 Å². The molecule has 0 amide bonds. The molecule has 1 aromatic rings. The van der Waals surface area contributed by atoms with Crippen LogP contribution in [0, 0.1) is 0 Å². The molecule has 0 radical (unpaired) electrons. The first-order valence-corrected chi connectivity index (χ1v) is 2.62. The van der Waals surface area contributed by atoms with Crippen LogP contribution in [0.1, 0.15) is 0 Å². The van der Waals surface area contributed by atoms with Crippen molar-refractivity contribution in [3.63, 3.8) is 0 Å². The van der Waals surface area contributed by atoms with Gasteiger partial charge >= 0.3 is 51.4 Å². The van der Waals surface area contributed by atoms with E-state index in [4.69, 9.17) is 16.7 Å². The van der Waals surface area contributed by atoms with Gasteiger partial charge in [-0.2, -0.15) is 0 Å². The normalized spacial score (nSPS) is 8.11. The fourth-order valence-electron chi connectivity index (χ4n) is 0.452. The summed E-state index contributed by atoms with van der Waals surface area (Å²) in [6, 6.07) is 6.67. The van der Waals surface area contributed by atoms with Crippen molar-refractivity contribution in [1.82, 2.24) is 0 Å². The van der Waals surface area contributed by atoms with Crippen molar-refractivity contribution < 1.29 is 5.11 Å². The summed E-state index contributed by atoms with van der Waals surface area (Å²) in [6.45, 7) is 0. The Hall–Kier alpha value is 0.946. The molecule has 9 heavy (non-hydrogen) atoms. The molecule has 44 valence electrons. The fourth-order valence-corrected chi connectivity index (χ4v) is 0.587. The predicted molar refractivity (Wildman–Crippen MR) is 40.3 cm³/mol. The molecule has 1 nitrogen and oxygen atoms in total. The third-order valence-corrected chi connectivity index (χ3v) is 1.17. The van der Waals surface area contributed by atoms with Crippen LogP contribution in [0.4, 0.5) is 0 Å². The average molecular weight is 169 g/mol. The summed E-state index contributed by atoms with van der Waals surface area (Å²) in [6.07, 6.45) is 0. The van der Waals surface area contributed by atoms with E-state index in [-0.39, 0.29) is 57.1 Å². The second kappa shape index (κ2) is 4.71. The van der Waals surface area contributed by atoms with E-state index < -0.39 is 0 Å². The van der Waals surface area contributed by atoms with Gasteiger partial charge in [0.05, 0.1) is 5.02 Å². The summed E-state index contributed by atoms with van der Waals surface area (Å²) in [4.78, 5) is 0. The van der Waals surface area contributed by atoms with Crippen molar-refractivity contribution in [2.75, 3.05) is 0 Å². The van der Waals surface area contributed by atoms with E-state index in [9.17, 15) is 0 Å². The number of hydrogen-bond donors (Lipinski definition) is 1. The molecule has 0 unspecified atom stereocenters. The standard InChI is InChI=1S/C6H5ClO.K.H/c7-5-3-1-2-4-6(5)8;;/h1-4,8H;;. The Morgan fingerprint density at radius 1 is 1.22 bits per heavy atom. The van der Waals surface area contributed by atoms with Crippen molar-refractivity contribution in [3.05, 3.63) is 29.3 Å². The number of hydrogen-bond acceptors (Lipinski definition) is 1. The fraction of sp³-hybridized carbons (Fsp3) is 0. The summed E-state index contributed by atoms with van der Waals surface area (Å²) >= 11 is 5.46. The molecule has 0 atom stereocenters. The Morgan fingerprint density at radius 3 is 2.11 bits per heavy atom. The zero-order valence-electron chi connectivity index (χ0n) is 4.13. The summed E-state index contributed by atoms with van der Waals surface area (Å²) in [5, 5.41) is 9.18. The van der Waals surface area contributed by atoms with Crippen LogP contribution in [0.3, 0.4) is 0 Å². The molecule has 0 saturated heterocycles. The van der Waals surface area contributed by atoms with E-state index in [1.165, 1.54) is 0 Å². The number of phenols is 1. The van der Waals surface area contributed by atoms with Crippen LogP contribution in [0.25, 0.3) is 0 Å². The minimum absolute atomic E-state index is 0. The summed E-state index contributed by atoms with van der Waals surface area (Å²) in [7, 11) is 0. The van der Waals surface area contributed by atoms with Crippen LogP contribution in [0.2, 0.25) is 5.02 Å². The molecule has 0 aliphatic rings. The van der Waals surface area contributed by atoms with Gasteiger partial charge in [0.25, 0.3) is 0 Å². The molecule has 0 heterocycles. The Morgan fingerprint density at radius 2 is 1.78 bits per heavy atom. The van der Waals surface area contributed by atoms with E-state index in [1.54, 1.807) is 24.3 Å². The van der Waals surface area contributed by atoms with Gasteiger partial charge < -0.3 is 5.11 Å². The average Bonchev–Trinajstić information content (AvgIpc) is 1.77. The van der Waals surface area contributed by atoms with Gasteiger partial charge in [-0.25, -0.2) is 0 Å². The number of halogens is 1. The van der Waals surface area contributed by atoms with Crippen LogP contribution in [-0.4, -0.2) is 56.5 Å². The molecule has 0 spiro atoms. The monoisotopic (exact) mass is 168 g/mol. The predicted octanol–water partition coefficient (Wildman–Crippen LogP) is 1.40. The number of phenolic OH excluding ortho intramolecular Hbond substituents is 1. The first kappa shape index (κ1) is 9.95. The van der Waals surface area contributed by atoms with E-state index >= 15 is 0 Å². The van der Waals surface area contributed by atoms with E-state index in [2.05, 4.69) is 0 Å². The molecule has 1 N–H and O–H groups in total. The third kappa shape index (κ3) is 3.02. The van der Waals surface area contributed by atoms with E-state index in [1.807, 2.05) is 0 Å². The molecular weight excluding hydrogens is 163 g/mol. The first-order chi connectivity index (χ1) is 3.80. The molecule has 0 aromatic heterocycles. The second-order valence-corrected chi connectivity index (χ2v) is 1.86. The maximum absolute atomic E-state index is 8.79. The number of benzene rings is 1. The van der Waals surface area contributed by atoms with E-state index in [0.717, 1.165) is 0 Å². The Kier molecular flexibility index (Phi) is 5.21. The van der Waals surface area contributed by atoms with E-state index in [0.29, 0.717) is 5.02 Å². The summed E-state index contributed by atoms with van der Waals surface area (Å²) in [5.74, 6) is 0.133. The van der Waals surface area contributed by atoms with Crippen molar-refractivity contribution in [1.29, 1.82) is 0 Å². The summed E-state index contributed by atoms with van der Waals surface area (Å²) < 4.78 is 0. The second-order valence-electron chi connectivity index (χ2n) is 1.45. The van der Waals surface area contributed by atoms with Gasteiger partial charge in [0.1, 0.15) is 5.75 Å². The molecule has 0 bridgehead atoms. The van der Waals surface area contributed by atoms with Gasteiger partial charge in [-0.05, 0) is 12.1 Å². The van der Waals surface area contributed by atoms with Gasteiger partial charge in [-0.15, -0.1) is 0 Å². The molecule has 0 fully saturated rings. The van der Waals surface area contributed by atoms with Gasteiger partial charge in [-0.1, -0.05) is 23.7 Å². The van der Waals surface area contributed by atoms with Crippen molar-refractivity contribution in [2.24, 2.45) is 0 Å². The SMILES string of the molecule is Oc1ccccc1Cl.[KH]. The van der Waals surface area contributed by atoms with Crippen molar-refractivity contribution in [3.8, 4) is 5.75 Å². The molecule has 3 heteroatoms. The van der Waals surface area contributed by atoms with Gasteiger partial charge in [0.2, 0.25) is 0 Å². The number of aromatic hydroxyl groups is 1. The van der Waals surface area contributed by atoms with Gasteiger partial charge in [0, 0.05) is 0 Å². The Balaban J connectivity index is 0.000000640. The van der Waals surface area contributed by atoms with Crippen LogP contribution >= 0.6 is 11.6 Å². The molecule has 0 aliphatic heterocycles. The topological polar surface area (TPSA) is 20.2 Å². The zero-order chi connectivity index (χ0) is 5.98. The van der Waals surface area contributed by atoms with Gasteiger partial charge in [0.15, 0.2) is 0 Å². The first-order valence-electron chi connectivity index (χ1n) is 2.24. The number of rotatable bonds is 0. The summed E-state index contributed by atoms with van der Waals surface area (Å²) in [5.41, 5.74) is 0. The number of para-hydroxylation sites is 1. The van der Waals surface area contributed by atoms with Crippen LogP contribution in [0.5, 0.6) is 5.75 Å². The molecule has 1 rings (SSSR count). The zero-order valence-corrected chi connectivity index (χ0v) is 4.89. The molecule has 1 aromatic carbocycles.